The van der Waals surface area contributed by atoms with Crippen molar-refractivity contribution in [2.24, 2.45) is 5.92 Å². The van der Waals surface area contributed by atoms with Crippen LogP contribution in [0.25, 0.3) is 0 Å². The molecule has 1 aliphatic carbocycles. The molecule has 2 atom stereocenters. The number of benzene rings is 1. The third kappa shape index (κ3) is 5.46. The number of carbonyl (C=O) groups is 1. The number of carbonyl (C=O) groups excluding carboxylic acids is 1. The molecule has 0 aromatic heterocycles. The van der Waals surface area contributed by atoms with Gasteiger partial charge in [-0.15, -0.1) is 0 Å². The number of hydrogen-bond acceptors (Lipinski definition) is 3. The van der Waals surface area contributed by atoms with Crippen LogP contribution in [0, 0.1) is 5.92 Å². The van der Waals surface area contributed by atoms with Crippen molar-refractivity contribution in [2.45, 2.75) is 57.4 Å². The van der Waals surface area contributed by atoms with Crippen molar-refractivity contribution in [3.63, 3.8) is 0 Å². The summed E-state index contributed by atoms with van der Waals surface area (Å²) in [6.45, 7) is 3.64. The molecule has 4 heteroatoms. The highest BCUT2D eigenvalue weighted by molar-refractivity contribution is 5.78. The lowest BCUT2D eigenvalue weighted by Gasteiger charge is -2.37. The summed E-state index contributed by atoms with van der Waals surface area (Å²) in [5.74, 6) is 1.60. The fourth-order valence-corrected chi connectivity index (χ4v) is 4.28. The maximum atomic E-state index is 12.5. The molecular weight excluding hydrogens is 312 g/mol. The molecule has 3 rings (SSSR count). The molecule has 2 unspecified atom stereocenters. The quantitative estimate of drug-likeness (QED) is 0.860. The SMILES string of the molecule is COc1ccc(CC(=O)NC2CCCCC2CN2CCCCC2)cc1. The molecule has 1 saturated carbocycles. The zero-order valence-corrected chi connectivity index (χ0v) is 15.5. The summed E-state index contributed by atoms with van der Waals surface area (Å²) < 4.78 is 5.18. The molecule has 1 saturated heterocycles. The van der Waals surface area contributed by atoms with Gasteiger partial charge in [-0.05, 0) is 62.4 Å². The summed E-state index contributed by atoms with van der Waals surface area (Å²) in [6.07, 6.45) is 9.44. The van der Waals surface area contributed by atoms with E-state index >= 15 is 0 Å². The van der Waals surface area contributed by atoms with Crippen LogP contribution in [0.1, 0.15) is 50.5 Å². The summed E-state index contributed by atoms with van der Waals surface area (Å²) in [5, 5.41) is 3.34. The van der Waals surface area contributed by atoms with E-state index in [0.717, 1.165) is 24.3 Å². The van der Waals surface area contributed by atoms with Crippen LogP contribution in [0.3, 0.4) is 0 Å². The second-order valence-corrected chi connectivity index (χ2v) is 7.60. The lowest BCUT2D eigenvalue weighted by molar-refractivity contribution is -0.121. The zero-order valence-electron chi connectivity index (χ0n) is 15.5. The molecule has 0 bridgehead atoms. The fraction of sp³-hybridized carbons (Fsp3) is 0.667. The first kappa shape index (κ1) is 18.2. The Labute approximate surface area is 151 Å². The summed E-state index contributed by atoms with van der Waals surface area (Å²) >= 11 is 0. The smallest absolute Gasteiger partial charge is 0.224 e. The molecule has 1 aromatic rings. The average Bonchev–Trinajstić information content (AvgIpc) is 2.65. The Morgan fingerprint density at radius 3 is 2.52 bits per heavy atom. The van der Waals surface area contributed by atoms with Gasteiger partial charge in [0.25, 0.3) is 0 Å². The second-order valence-electron chi connectivity index (χ2n) is 7.60. The minimum atomic E-state index is 0.153. The fourth-order valence-electron chi connectivity index (χ4n) is 4.28. The molecule has 1 N–H and O–H groups in total. The van der Waals surface area contributed by atoms with E-state index in [9.17, 15) is 4.79 Å². The van der Waals surface area contributed by atoms with Crippen LogP contribution in [-0.2, 0) is 11.2 Å². The number of rotatable bonds is 6. The molecule has 2 fully saturated rings. The van der Waals surface area contributed by atoms with Crippen molar-refractivity contribution in [1.82, 2.24) is 10.2 Å². The highest BCUT2D eigenvalue weighted by Gasteiger charge is 2.28. The summed E-state index contributed by atoms with van der Waals surface area (Å²) in [4.78, 5) is 15.1. The molecule has 0 radical (unpaired) electrons. The van der Waals surface area contributed by atoms with E-state index in [1.807, 2.05) is 24.3 Å². The predicted octanol–water partition coefficient (Wildman–Crippen LogP) is 3.40. The van der Waals surface area contributed by atoms with Crippen molar-refractivity contribution in [2.75, 3.05) is 26.7 Å². The highest BCUT2D eigenvalue weighted by atomic mass is 16.5. The number of nitrogens with zero attached hydrogens (tertiary/aromatic N) is 1. The van der Waals surface area contributed by atoms with E-state index in [0.29, 0.717) is 18.4 Å². The van der Waals surface area contributed by atoms with Gasteiger partial charge in [-0.25, -0.2) is 0 Å². The lowest BCUT2D eigenvalue weighted by atomic mass is 9.83. The Bertz CT molecular complexity index is 537. The van der Waals surface area contributed by atoms with Crippen LogP contribution in [-0.4, -0.2) is 43.6 Å². The number of amides is 1. The summed E-state index contributed by atoms with van der Waals surface area (Å²) in [5.41, 5.74) is 1.04. The molecule has 1 aromatic carbocycles. The van der Waals surface area contributed by atoms with Crippen molar-refractivity contribution < 1.29 is 9.53 Å². The number of ether oxygens (including phenoxy) is 1. The first-order valence-corrected chi connectivity index (χ1v) is 9.89. The van der Waals surface area contributed by atoms with E-state index in [1.165, 1.54) is 51.6 Å². The molecule has 4 nitrogen and oxygen atoms in total. The first-order chi connectivity index (χ1) is 12.2. The van der Waals surface area contributed by atoms with Crippen molar-refractivity contribution in [3.05, 3.63) is 29.8 Å². The van der Waals surface area contributed by atoms with Crippen LogP contribution in [0.5, 0.6) is 5.75 Å². The normalized spacial score (nSPS) is 24.7. The highest BCUT2D eigenvalue weighted by Crippen LogP contribution is 2.26. The van der Waals surface area contributed by atoms with Gasteiger partial charge < -0.3 is 15.0 Å². The number of nitrogens with one attached hydrogen (secondary N) is 1. The maximum absolute atomic E-state index is 12.5. The molecule has 2 aliphatic rings. The van der Waals surface area contributed by atoms with Crippen molar-refractivity contribution in [3.8, 4) is 5.75 Å². The van der Waals surface area contributed by atoms with E-state index in [4.69, 9.17) is 4.74 Å². The Balaban J connectivity index is 1.51. The van der Waals surface area contributed by atoms with Gasteiger partial charge in [-0.1, -0.05) is 31.4 Å². The predicted molar refractivity (Wildman–Crippen MR) is 101 cm³/mol. The van der Waals surface area contributed by atoms with E-state index < -0.39 is 0 Å². The van der Waals surface area contributed by atoms with Crippen LogP contribution >= 0.6 is 0 Å². The second kappa shape index (κ2) is 9.23. The third-order valence-corrected chi connectivity index (χ3v) is 5.72. The third-order valence-electron chi connectivity index (χ3n) is 5.72. The maximum Gasteiger partial charge on any atom is 0.224 e. The topological polar surface area (TPSA) is 41.6 Å². The lowest BCUT2D eigenvalue weighted by Crippen LogP contribution is -2.47. The Morgan fingerprint density at radius 1 is 1.08 bits per heavy atom. The van der Waals surface area contributed by atoms with E-state index in [1.54, 1.807) is 7.11 Å². The average molecular weight is 344 g/mol. The molecule has 0 spiro atoms. The Hall–Kier alpha value is -1.55. The Kier molecular flexibility index (Phi) is 6.74. The minimum absolute atomic E-state index is 0.153. The molecular formula is C21H32N2O2. The van der Waals surface area contributed by atoms with E-state index in [-0.39, 0.29) is 5.91 Å². The van der Waals surface area contributed by atoms with Gasteiger partial charge >= 0.3 is 0 Å². The first-order valence-electron chi connectivity index (χ1n) is 9.89. The molecule has 138 valence electrons. The number of methoxy groups -OCH3 is 1. The monoisotopic (exact) mass is 344 g/mol. The molecule has 1 aliphatic heterocycles. The van der Waals surface area contributed by atoms with Crippen LogP contribution in [0.2, 0.25) is 0 Å². The Morgan fingerprint density at radius 2 is 1.80 bits per heavy atom. The minimum Gasteiger partial charge on any atom is -0.497 e. The van der Waals surface area contributed by atoms with Gasteiger partial charge in [-0.3, -0.25) is 4.79 Å². The van der Waals surface area contributed by atoms with Crippen LogP contribution in [0.15, 0.2) is 24.3 Å². The van der Waals surface area contributed by atoms with Crippen molar-refractivity contribution >= 4 is 5.91 Å². The van der Waals surface area contributed by atoms with E-state index in [2.05, 4.69) is 10.2 Å². The molecule has 25 heavy (non-hydrogen) atoms. The van der Waals surface area contributed by atoms with Crippen molar-refractivity contribution in [1.29, 1.82) is 0 Å². The van der Waals surface area contributed by atoms with Gasteiger partial charge in [0.15, 0.2) is 0 Å². The number of piperidine rings is 1. The van der Waals surface area contributed by atoms with Gasteiger partial charge in [0, 0.05) is 12.6 Å². The largest absolute Gasteiger partial charge is 0.497 e. The van der Waals surface area contributed by atoms with Gasteiger partial charge in [0.1, 0.15) is 5.75 Å². The van der Waals surface area contributed by atoms with Gasteiger partial charge in [0.05, 0.1) is 13.5 Å². The van der Waals surface area contributed by atoms with Gasteiger partial charge in [-0.2, -0.15) is 0 Å². The number of likely N-dealkylation sites (tertiary alicyclic amines) is 1. The standard InChI is InChI=1S/C21H32N2O2/c1-25-19-11-9-17(10-12-19)15-21(24)22-20-8-4-3-7-18(20)16-23-13-5-2-6-14-23/h9-12,18,20H,2-8,13-16H2,1H3,(H,22,24). The van der Waals surface area contributed by atoms with Gasteiger partial charge in [0.2, 0.25) is 5.91 Å². The number of hydrogen-bond donors (Lipinski definition) is 1. The zero-order chi connectivity index (χ0) is 17.5. The summed E-state index contributed by atoms with van der Waals surface area (Å²) in [6, 6.07) is 8.14. The van der Waals surface area contributed by atoms with Crippen LogP contribution < -0.4 is 10.1 Å². The van der Waals surface area contributed by atoms with Crippen LogP contribution in [0.4, 0.5) is 0 Å². The molecule has 1 amide bonds. The molecule has 1 heterocycles. The summed E-state index contributed by atoms with van der Waals surface area (Å²) in [7, 11) is 1.66.